The molecule has 6 nitrogen and oxygen atoms in total. The minimum Gasteiger partial charge on any atom is -0.344 e. The molecule has 21 heavy (non-hydrogen) atoms. The van der Waals surface area contributed by atoms with E-state index in [1.165, 1.54) is 19.1 Å². The van der Waals surface area contributed by atoms with Gasteiger partial charge in [-0.1, -0.05) is 19.9 Å². The molecule has 7 heteroatoms. The van der Waals surface area contributed by atoms with Crippen molar-refractivity contribution < 1.29 is 18.0 Å². The summed E-state index contributed by atoms with van der Waals surface area (Å²) in [6.45, 7) is 4.97. The summed E-state index contributed by atoms with van der Waals surface area (Å²) in [4.78, 5) is 23.4. The molecule has 0 spiro atoms. The van der Waals surface area contributed by atoms with Crippen molar-refractivity contribution in [1.82, 2.24) is 5.32 Å². The standard InChI is InChI=1S/C14H20N2O4S/c1-9(2)13(15-10(3)17)14(18)16-11-6-5-7-12(8-11)21(4,19)20/h5-9,13H,1-4H3,(H,15,17)(H,16,18)/t13-/m1/s1. The first kappa shape index (κ1) is 17.2. The maximum Gasteiger partial charge on any atom is 0.247 e. The average molecular weight is 312 g/mol. The summed E-state index contributed by atoms with van der Waals surface area (Å²) in [5.74, 6) is -0.772. The van der Waals surface area contributed by atoms with Gasteiger partial charge in [0.2, 0.25) is 11.8 Å². The first-order valence-electron chi connectivity index (χ1n) is 6.49. The number of amides is 2. The normalized spacial score (nSPS) is 12.8. The second-order valence-electron chi connectivity index (χ2n) is 5.21. The molecule has 0 unspecified atom stereocenters. The van der Waals surface area contributed by atoms with Crippen LogP contribution in [0.3, 0.4) is 0 Å². The Morgan fingerprint density at radius 1 is 1.19 bits per heavy atom. The predicted molar refractivity (Wildman–Crippen MR) is 80.6 cm³/mol. The van der Waals surface area contributed by atoms with Gasteiger partial charge in [0.05, 0.1) is 4.90 Å². The van der Waals surface area contributed by atoms with Crippen LogP contribution in [0.15, 0.2) is 29.2 Å². The third-order valence-corrected chi connectivity index (χ3v) is 3.95. The lowest BCUT2D eigenvalue weighted by molar-refractivity contribution is -0.126. The fraction of sp³-hybridized carbons (Fsp3) is 0.429. The second kappa shape index (κ2) is 6.71. The van der Waals surface area contributed by atoms with Gasteiger partial charge in [-0.3, -0.25) is 9.59 Å². The van der Waals surface area contributed by atoms with E-state index >= 15 is 0 Å². The summed E-state index contributed by atoms with van der Waals surface area (Å²) in [6, 6.07) is 5.31. The number of carbonyl (C=O) groups is 2. The molecule has 0 saturated heterocycles. The molecular formula is C14H20N2O4S. The molecule has 1 aromatic carbocycles. The minimum absolute atomic E-state index is 0.0907. The maximum atomic E-state index is 12.2. The van der Waals surface area contributed by atoms with Crippen molar-refractivity contribution in [2.45, 2.75) is 31.7 Å². The molecule has 0 bridgehead atoms. The van der Waals surface area contributed by atoms with E-state index in [2.05, 4.69) is 10.6 Å². The van der Waals surface area contributed by atoms with E-state index in [0.29, 0.717) is 5.69 Å². The lowest BCUT2D eigenvalue weighted by Gasteiger charge is -2.21. The fourth-order valence-electron chi connectivity index (χ4n) is 1.78. The van der Waals surface area contributed by atoms with E-state index in [-0.39, 0.29) is 22.6 Å². The summed E-state index contributed by atoms with van der Waals surface area (Å²) in [5.41, 5.74) is 0.374. The van der Waals surface area contributed by atoms with E-state index in [1.807, 2.05) is 13.8 Å². The first-order valence-corrected chi connectivity index (χ1v) is 8.38. The molecular weight excluding hydrogens is 292 g/mol. The third-order valence-electron chi connectivity index (χ3n) is 2.84. The van der Waals surface area contributed by atoms with E-state index in [9.17, 15) is 18.0 Å². The number of anilines is 1. The van der Waals surface area contributed by atoms with Crippen LogP contribution in [-0.2, 0) is 19.4 Å². The first-order chi connectivity index (χ1) is 9.61. The van der Waals surface area contributed by atoms with E-state index < -0.39 is 15.9 Å². The van der Waals surface area contributed by atoms with Crippen LogP contribution >= 0.6 is 0 Å². The minimum atomic E-state index is -3.34. The highest BCUT2D eigenvalue weighted by atomic mass is 32.2. The number of hydrogen-bond acceptors (Lipinski definition) is 4. The van der Waals surface area contributed by atoms with E-state index in [4.69, 9.17) is 0 Å². The average Bonchev–Trinajstić information content (AvgIpc) is 2.34. The molecule has 1 atom stereocenters. The molecule has 0 radical (unpaired) electrons. The third kappa shape index (κ3) is 5.18. The second-order valence-corrected chi connectivity index (χ2v) is 7.23. The van der Waals surface area contributed by atoms with Crippen LogP contribution in [0, 0.1) is 5.92 Å². The van der Waals surface area contributed by atoms with Crippen LogP contribution < -0.4 is 10.6 Å². The Kier molecular flexibility index (Phi) is 5.48. The molecule has 116 valence electrons. The van der Waals surface area contributed by atoms with Gasteiger partial charge in [-0.2, -0.15) is 0 Å². The zero-order chi connectivity index (χ0) is 16.2. The Bertz CT molecular complexity index is 638. The van der Waals surface area contributed by atoms with Gasteiger partial charge in [-0.05, 0) is 24.1 Å². The van der Waals surface area contributed by atoms with Gasteiger partial charge in [0.25, 0.3) is 0 Å². The zero-order valence-corrected chi connectivity index (χ0v) is 13.3. The Morgan fingerprint density at radius 3 is 2.29 bits per heavy atom. The quantitative estimate of drug-likeness (QED) is 0.854. The number of rotatable bonds is 5. The smallest absolute Gasteiger partial charge is 0.247 e. The van der Waals surface area contributed by atoms with Gasteiger partial charge in [-0.25, -0.2) is 8.42 Å². The lowest BCUT2D eigenvalue weighted by Crippen LogP contribution is -2.46. The van der Waals surface area contributed by atoms with Gasteiger partial charge < -0.3 is 10.6 Å². The highest BCUT2D eigenvalue weighted by Gasteiger charge is 2.23. The molecule has 1 rings (SSSR count). The maximum absolute atomic E-state index is 12.2. The van der Waals surface area contributed by atoms with Crippen molar-refractivity contribution in [3.63, 3.8) is 0 Å². The summed E-state index contributed by atoms with van der Waals surface area (Å²) in [6.07, 6.45) is 1.10. The molecule has 0 aromatic heterocycles. The molecule has 0 fully saturated rings. The van der Waals surface area contributed by atoms with Crippen LogP contribution in [0.5, 0.6) is 0 Å². The van der Waals surface area contributed by atoms with Gasteiger partial charge in [-0.15, -0.1) is 0 Å². The van der Waals surface area contributed by atoms with Crippen LogP contribution in [0.4, 0.5) is 5.69 Å². The molecule has 0 heterocycles. The number of carbonyl (C=O) groups excluding carboxylic acids is 2. The fourth-order valence-corrected chi connectivity index (χ4v) is 2.45. The Balaban J connectivity index is 2.94. The Morgan fingerprint density at radius 2 is 1.81 bits per heavy atom. The highest BCUT2D eigenvalue weighted by Crippen LogP contribution is 2.16. The summed E-state index contributed by atoms with van der Waals surface area (Å²) in [7, 11) is -3.34. The lowest BCUT2D eigenvalue weighted by atomic mass is 10.0. The SMILES string of the molecule is CC(=O)N[C@@H](C(=O)Nc1cccc(S(C)(=O)=O)c1)C(C)C. The van der Waals surface area contributed by atoms with Crippen molar-refractivity contribution in [2.24, 2.45) is 5.92 Å². The number of sulfone groups is 1. The predicted octanol–water partition coefficient (Wildman–Crippen LogP) is 1.19. The molecule has 2 N–H and O–H groups in total. The van der Waals surface area contributed by atoms with Gasteiger partial charge in [0.15, 0.2) is 9.84 Å². The Labute approximate surface area is 124 Å². The van der Waals surface area contributed by atoms with Crippen LogP contribution in [0.2, 0.25) is 0 Å². The van der Waals surface area contributed by atoms with Crippen molar-refractivity contribution in [1.29, 1.82) is 0 Å². The molecule has 0 saturated carbocycles. The Hall–Kier alpha value is -1.89. The number of nitrogens with one attached hydrogen (secondary N) is 2. The number of benzene rings is 1. The molecule has 1 aromatic rings. The van der Waals surface area contributed by atoms with E-state index in [0.717, 1.165) is 6.26 Å². The van der Waals surface area contributed by atoms with Gasteiger partial charge in [0, 0.05) is 18.9 Å². The molecule has 0 aliphatic carbocycles. The molecule has 0 aliphatic rings. The van der Waals surface area contributed by atoms with Crippen molar-refractivity contribution in [3.05, 3.63) is 24.3 Å². The van der Waals surface area contributed by atoms with Crippen LogP contribution in [-0.4, -0.2) is 32.5 Å². The van der Waals surface area contributed by atoms with Crippen molar-refractivity contribution >= 4 is 27.3 Å². The topological polar surface area (TPSA) is 92.3 Å². The van der Waals surface area contributed by atoms with Crippen LogP contribution in [0.25, 0.3) is 0 Å². The van der Waals surface area contributed by atoms with Gasteiger partial charge >= 0.3 is 0 Å². The largest absolute Gasteiger partial charge is 0.344 e. The molecule has 0 aliphatic heterocycles. The van der Waals surface area contributed by atoms with E-state index in [1.54, 1.807) is 12.1 Å². The van der Waals surface area contributed by atoms with Gasteiger partial charge in [0.1, 0.15) is 6.04 Å². The zero-order valence-electron chi connectivity index (χ0n) is 12.5. The van der Waals surface area contributed by atoms with Crippen molar-refractivity contribution in [3.8, 4) is 0 Å². The summed E-state index contributed by atoms with van der Waals surface area (Å²) < 4.78 is 23.0. The highest BCUT2D eigenvalue weighted by molar-refractivity contribution is 7.90. The summed E-state index contributed by atoms with van der Waals surface area (Å²) >= 11 is 0. The van der Waals surface area contributed by atoms with Crippen LogP contribution in [0.1, 0.15) is 20.8 Å². The molecule has 2 amide bonds. The monoisotopic (exact) mass is 312 g/mol. The summed E-state index contributed by atoms with van der Waals surface area (Å²) in [5, 5.41) is 5.20. The number of hydrogen-bond donors (Lipinski definition) is 2. The van der Waals surface area contributed by atoms with Crippen molar-refractivity contribution in [2.75, 3.05) is 11.6 Å².